The largest absolute Gasteiger partial charge is 0.338 e. The van der Waals surface area contributed by atoms with Crippen molar-refractivity contribution < 1.29 is 4.52 Å². The average molecular weight is 301 g/mol. The molecule has 2 aromatic heterocycles. The Morgan fingerprint density at radius 2 is 2.26 bits per heavy atom. The molecule has 0 radical (unpaired) electrons. The Morgan fingerprint density at radius 1 is 1.42 bits per heavy atom. The van der Waals surface area contributed by atoms with Gasteiger partial charge in [0.2, 0.25) is 5.89 Å². The summed E-state index contributed by atoms with van der Waals surface area (Å²) in [5, 5.41) is 6.07. The summed E-state index contributed by atoms with van der Waals surface area (Å²) < 4.78 is 5.04. The Balaban J connectivity index is 0.00000133. The van der Waals surface area contributed by atoms with Gasteiger partial charge in [0.1, 0.15) is 0 Å². The number of halogens is 1. The van der Waals surface area contributed by atoms with Crippen molar-refractivity contribution in [3.63, 3.8) is 0 Å². The lowest BCUT2D eigenvalue weighted by atomic mass is 10.4. The first-order chi connectivity index (χ1) is 8.85. The van der Waals surface area contributed by atoms with Crippen LogP contribution in [-0.4, -0.2) is 21.1 Å². The molecule has 1 aliphatic rings. The van der Waals surface area contributed by atoms with Gasteiger partial charge in [0.25, 0.3) is 0 Å². The van der Waals surface area contributed by atoms with Crippen LogP contribution in [0, 0.1) is 0 Å². The van der Waals surface area contributed by atoms with E-state index in [1.54, 1.807) is 11.3 Å². The molecule has 104 valence electrons. The number of aromatic nitrogens is 2. The molecule has 0 amide bonds. The van der Waals surface area contributed by atoms with Gasteiger partial charge >= 0.3 is 0 Å². The molecule has 0 atom stereocenters. The van der Waals surface area contributed by atoms with Gasteiger partial charge < -0.3 is 10.3 Å². The van der Waals surface area contributed by atoms with E-state index < -0.39 is 0 Å². The molecule has 1 fully saturated rings. The summed E-state index contributed by atoms with van der Waals surface area (Å²) in [6, 6.07) is 4.93. The quantitative estimate of drug-likeness (QED) is 0.885. The van der Waals surface area contributed by atoms with E-state index in [1.807, 2.05) is 0 Å². The zero-order chi connectivity index (χ0) is 12.4. The van der Waals surface area contributed by atoms with Crippen LogP contribution >= 0.6 is 23.7 Å². The molecule has 0 unspecified atom stereocenters. The van der Waals surface area contributed by atoms with E-state index in [2.05, 4.69) is 32.6 Å². The first kappa shape index (κ1) is 14.5. The van der Waals surface area contributed by atoms with Gasteiger partial charge in [-0.25, -0.2) is 0 Å². The molecule has 19 heavy (non-hydrogen) atoms. The third kappa shape index (κ3) is 3.76. The fraction of sp³-hybridized carbons (Fsp3) is 0.500. The van der Waals surface area contributed by atoms with E-state index in [0.29, 0.717) is 18.5 Å². The molecule has 1 aliphatic carbocycles. The van der Waals surface area contributed by atoms with Crippen molar-refractivity contribution in [3.8, 4) is 0 Å². The standard InChI is InChI=1S/C12H16N4OS.ClH/c13-6-12-14-11(15-17-12)8-16(9-3-4-9)7-10-2-1-5-18-10;/h1-2,5,9H,3-4,6-8,13H2;1H. The fourth-order valence-corrected chi connectivity index (χ4v) is 2.70. The molecule has 0 aromatic carbocycles. The lowest BCUT2D eigenvalue weighted by Crippen LogP contribution is -2.25. The first-order valence-corrected chi connectivity index (χ1v) is 7.01. The normalized spacial score (nSPS) is 14.6. The highest BCUT2D eigenvalue weighted by Gasteiger charge is 2.30. The van der Waals surface area contributed by atoms with Crippen molar-refractivity contribution in [2.75, 3.05) is 0 Å². The summed E-state index contributed by atoms with van der Waals surface area (Å²) in [6.45, 7) is 2.02. The minimum atomic E-state index is 0. The monoisotopic (exact) mass is 300 g/mol. The second-order valence-corrected chi connectivity index (χ2v) is 5.56. The maximum Gasteiger partial charge on any atom is 0.240 e. The first-order valence-electron chi connectivity index (χ1n) is 6.13. The van der Waals surface area contributed by atoms with Gasteiger partial charge in [-0.15, -0.1) is 23.7 Å². The molecule has 3 rings (SSSR count). The molecule has 0 saturated heterocycles. The minimum Gasteiger partial charge on any atom is -0.338 e. The molecule has 0 aliphatic heterocycles. The Morgan fingerprint density at radius 3 is 2.84 bits per heavy atom. The highest BCUT2D eigenvalue weighted by Crippen LogP contribution is 2.30. The summed E-state index contributed by atoms with van der Waals surface area (Å²) >= 11 is 1.79. The number of thiophene rings is 1. The molecule has 1 saturated carbocycles. The molecule has 0 bridgehead atoms. The Hall–Kier alpha value is -0.950. The van der Waals surface area contributed by atoms with Crippen LogP contribution in [0.5, 0.6) is 0 Å². The van der Waals surface area contributed by atoms with Gasteiger partial charge in [0.05, 0.1) is 13.1 Å². The topological polar surface area (TPSA) is 68.2 Å². The van der Waals surface area contributed by atoms with Crippen LogP contribution in [0.15, 0.2) is 22.0 Å². The lowest BCUT2D eigenvalue weighted by Gasteiger charge is -2.18. The summed E-state index contributed by atoms with van der Waals surface area (Å²) in [4.78, 5) is 8.06. The second kappa shape index (κ2) is 6.47. The number of hydrogen-bond acceptors (Lipinski definition) is 6. The van der Waals surface area contributed by atoms with Crippen LogP contribution in [0.2, 0.25) is 0 Å². The molecular weight excluding hydrogens is 284 g/mol. The van der Waals surface area contributed by atoms with E-state index in [1.165, 1.54) is 17.7 Å². The average Bonchev–Trinajstić information content (AvgIpc) is 2.92. The summed E-state index contributed by atoms with van der Waals surface area (Å²) in [6.07, 6.45) is 2.54. The van der Waals surface area contributed by atoms with Gasteiger partial charge in [0, 0.05) is 17.5 Å². The molecule has 7 heteroatoms. The zero-order valence-corrected chi connectivity index (χ0v) is 12.1. The van der Waals surface area contributed by atoms with Crippen LogP contribution in [0.1, 0.15) is 29.4 Å². The van der Waals surface area contributed by atoms with Crippen LogP contribution in [0.4, 0.5) is 0 Å². The van der Waals surface area contributed by atoms with E-state index in [-0.39, 0.29) is 12.4 Å². The van der Waals surface area contributed by atoms with Crippen LogP contribution in [0.3, 0.4) is 0 Å². The fourth-order valence-electron chi connectivity index (χ4n) is 1.98. The molecule has 2 aromatic rings. The van der Waals surface area contributed by atoms with Crippen molar-refractivity contribution in [2.24, 2.45) is 5.73 Å². The second-order valence-electron chi connectivity index (χ2n) is 4.52. The molecular formula is C12H17ClN4OS. The van der Waals surface area contributed by atoms with Crippen molar-refractivity contribution in [1.29, 1.82) is 0 Å². The van der Waals surface area contributed by atoms with E-state index >= 15 is 0 Å². The highest BCUT2D eigenvalue weighted by molar-refractivity contribution is 7.09. The maximum absolute atomic E-state index is 5.47. The van der Waals surface area contributed by atoms with Gasteiger partial charge in [0.15, 0.2) is 5.82 Å². The summed E-state index contributed by atoms with van der Waals surface area (Å²) in [7, 11) is 0. The summed E-state index contributed by atoms with van der Waals surface area (Å²) in [5.41, 5.74) is 5.47. The third-order valence-electron chi connectivity index (χ3n) is 3.03. The van der Waals surface area contributed by atoms with E-state index in [0.717, 1.165) is 18.9 Å². The molecule has 0 spiro atoms. The number of rotatable bonds is 6. The Bertz CT molecular complexity index is 498. The van der Waals surface area contributed by atoms with E-state index in [9.17, 15) is 0 Å². The van der Waals surface area contributed by atoms with Gasteiger partial charge in [-0.05, 0) is 24.3 Å². The lowest BCUT2D eigenvalue weighted by molar-refractivity contribution is 0.237. The SMILES string of the molecule is Cl.NCc1nc(CN(Cc2cccs2)C2CC2)no1. The van der Waals surface area contributed by atoms with Crippen molar-refractivity contribution in [1.82, 2.24) is 15.0 Å². The number of hydrogen-bond donors (Lipinski definition) is 1. The van der Waals surface area contributed by atoms with Crippen molar-refractivity contribution >= 4 is 23.7 Å². The predicted octanol–water partition coefficient (Wildman–Crippen LogP) is 2.18. The van der Waals surface area contributed by atoms with Gasteiger partial charge in [-0.1, -0.05) is 11.2 Å². The number of nitrogens with two attached hydrogens (primary N) is 1. The summed E-state index contributed by atoms with van der Waals surface area (Å²) in [5.74, 6) is 1.25. The van der Waals surface area contributed by atoms with Crippen LogP contribution in [-0.2, 0) is 19.6 Å². The highest BCUT2D eigenvalue weighted by atomic mass is 35.5. The Labute approximate surface area is 122 Å². The zero-order valence-electron chi connectivity index (χ0n) is 10.5. The predicted molar refractivity (Wildman–Crippen MR) is 76.0 cm³/mol. The van der Waals surface area contributed by atoms with Crippen LogP contribution < -0.4 is 5.73 Å². The molecule has 2 heterocycles. The molecule has 5 nitrogen and oxygen atoms in total. The van der Waals surface area contributed by atoms with Gasteiger partial charge in [-0.2, -0.15) is 4.98 Å². The Kier molecular flexibility index (Phi) is 4.93. The third-order valence-corrected chi connectivity index (χ3v) is 3.89. The smallest absolute Gasteiger partial charge is 0.240 e. The van der Waals surface area contributed by atoms with Crippen LogP contribution in [0.25, 0.3) is 0 Å². The van der Waals surface area contributed by atoms with Crippen molar-refractivity contribution in [2.45, 2.75) is 38.5 Å². The molecule has 2 N–H and O–H groups in total. The maximum atomic E-state index is 5.47. The minimum absolute atomic E-state index is 0. The van der Waals surface area contributed by atoms with Gasteiger partial charge in [-0.3, -0.25) is 4.90 Å². The van der Waals surface area contributed by atoms with Crippen molar-refractivity contribution in [3.05, 3.63) is 34.1 Å². The van der Waals surface area contributed by atoms with E-state index in [4.69, 9.17) is 10.3 Å². The number of nitrogens with zero attached hydrogens (tertiary/aromatic N) is 3.